The van der Waals surface area contributed by atoms with Crippen LogP contribution in [0.4, 0.5) is 5.69 Å². The third-order valence-corrected chi connectivity index (χ3v) is 7.04. The maximum atomic E-state index is 12.9. The van der Waals surface area contributed by atoms with Gasteiger partial charge in [0.25, 0.3) is 0 Å². The van der Waals surface area contributed by atoms with Crippen molar-refractivity contribution >= 4 is 37.5 Å². The SMILES string of the molecule is CCS(=O)(=O)N1CCC[C@@H](C(=O)N2CCc3cc(Br)ccc32)C1. The van der Waals surface area contributed by atoms with E-state index in [1.54, 1.807) is 6.92 Å². The number of fused-ring (bicyclic) bond motifs is 1. The molecule has 23 heavy (non-hydrogen) atoms. The second kappa shape index (κ2) is 6.53. The number of nitrogens with zero attached hydrogens (tertiary/aromatic N) is 2. The van der Waals surface area contributed by atoms with Gasteiger partial charge in [0.1, 0.15) is 0 Å². The topological polar surface area (TPSA) is 57.7 Å². The number of piperidine rings is 1. The fourth-order valence-corrected chi connectivity index (χ4v) is 4.99. The van der Waals surface area contributed by atoms with Gasteiger partial charge in [-0.05, 0) is 49.9 Å². The van der Waals surface area contributed by atoms with E-state index in [2.05, 4.69) is 22.0 Å². The van der Waals surface area contributed by atoms with Gasteiger partial charge in [0.15, 0.2) is 0 Å². The first kappa shape index (κ1) is 16.9. The highest BCUT2D eigenvalue weighted by Crippen LogP contribution is 2.33. The van der Waals surface area contributed by atoms with Gasteiger partial charge in [0.2, 0.25) is 15.9 Å². The Morgan fingerprint density at radius 3 is 2.87 bits per heavy atom. The van der Waals surface area contributed by atoms with Gasteiger partial charge in [0, 0.05) is 29.8 Å². The van der Waals surface area contributed by atoms with Crippen molar-refractivity contribution in [2.75, 3.05) is 30.3 Å². The Hall–Kier alpha value is -0.920. The van der Waals surface area contributed by atoms with E-state index in [0.29, 0.717) is 19.6 Å². The van der Waals surface area contributed by atoms with Gasteiger partial charge in [-0.25, -0.2) is 12.7 Å². The summed E-state index contributed by atoms with van der Waals surface area (Å²) in [6.07, 6.45) is 2.36. The Morgan fingerprint density at radius 1 is 1.35 bits per heavy atom. The molecular weight excluding hydrogens is 380 g/mol. The van der Waals surface area contributed by atoms with Crippen LogP contribution < -0.4 is 4.90 Å². The molecular formula is C16H21BrN2O3S. The highest BCUT2D eigenvalue weighted by Gasteiger charge is 2.35. The Labute approximate surface area is 145 Å². The van der Waals surface area contributed by atoms with E-state index in [0.717, 1.165) is 29.4 Å². The van der Waals surface area contributed by atoms with Crippen molar-refractivity contribution in [3.05, 3.63) is 28.2 Å². The number of carbonyl (C=O) groups excluding carboxylic acids is 1. The van der Waals surface area contributed by atoms with Crippen molar-refractivity contribution in [1.29, 1.82) is 0 Å². The molecule has 0 bridgehead atoms. The smallest absolute Gasteiger partial charge is 0.231 e. The quantitative estimate of drug-likeness (QED) is 0.782. The monoisotopic (exact) mass is 400 g/mol. The molecule has 5 nitrogen and oxygen atoms in total. The first-order valence-corrected chi connectivity index (χ1v) is 10.4. The summed E-state index contributed by atoms with van der Waals surface area (Å²) in [5.41, 5.74) is 2.13. The Kier molecular flexibility index (Phi) is 4.80. The van der Waals surface area contributed by atoms with Crippen molar-refractivity contribution in [3.63, 3.8) is 0 Å². The van der Waals surface area contributed by atoms with Crippen molar-refractivity contribution in [3.8, 4) is 0 Å². The molecule has 0 saturated carbocycles. The number of hydrogen-bond donors (Lipinski definition) is 0. The predicted molar refractivity (Wildman–Crippen MR) is 94.0 cm³/mol. The molecule has 2 aliphatic rings. The van der Waals surface area contributed by atoms with Crippen LogP contribution in [0.5, 0.6) is 0 Å². The first-order chi connectivity index (χ1) is 10.9. The van der Waals surface area contributed by atoms with Gasteiger partial charge in [-0.15, -0.1) is 0 Å². The van der Waals surface area contributed by atoms with Crippen molar-refractivity contribution in [1.82, 2.24) is 4.31 Å². The fraction of sp³-hybridized carbons (Fsp3) is 0.562. The number of amides is 1. The second-order valence-corrected chi connectivity index (χ2v) is 9.28. The van der Waals surface area contributed by atoms with Gasteiger partial charge in [0.05, 0.1) is 11.7 Å². The Balaban J connectivity index is 1.77. The largest absolute Gasteiger partial charge is 0.312 e. The molecule has 1 aromatic rings. The molecule has 1 atom stereocenters. The zero-order valence-corrected chi connectivity index (χ0v) is 15.6. The standard InChI is InChI=1S/C16H21BrN2O3S/c1-2-23(21,22)18-8-3-4-13(11-18)16(20)19-9-7-12-10-14(17)5-6-15(12)19/h5-6,10,13H,2-4,7-9,11H2,1H3/t13-/m1/s1. The van der Waals surface area contributed by atoms with Crippen molar-refractivity contribution in [2.24, 2.45) is 5.92 Å². The zero-order chi connectivity index (χ0) is 16.6. The zero-order valence-electron chi connectivity index (χ0n) is 13.2. The molecule has 0 radical (unpaired) electrons. The third kappa shape index (κ3) is 3.32. The van der Waals surface area contributed by atoms with Crippen molar-refractivity contribution < 1.29 is 13.2 Å². The molecule has 0 unspecified atom stereocenters. The first-order valence-electron chi connectivity index (χ1n) is 8.00. The lowest BCUT2D eigenvalue weighted by Gasteiger charge is -2.33. The number of anilines is 1. The molecule has 1 saturated heterocycles. The van der Waals surface area contributed by atoms with E-state index in [1.165, 1.54) is 9.87 Å². The summed E-state index contributed by atoms with van der Waals surface area (Å²) in [6.45, 7) is 3.18. The number of hydrogen-bond acceptors (Lipinski definition) is 3. The lowest BCUT2D eigenvalue weighted by molar-refractivity contribution is -0.123. The minimum Gasteiger partial charge on any atom is -0.312 e. The van der Waals surface area contributed by atoms with Crippen LogP contribution in [0.3, 0.4) is 0 Å². The summed E-state index contributed by atoms with van der Waals surface area (Å²) >= 11 is 3.46. The van der Waals surface area contributed by atoms with Gasteiger partial charge >= 0.3 is 0 Å². The summed E-state index contributed by atoms with van der Waals surface area (Å²) in [5, 5.41) is 0. The summed E-state index contributed by atoms with van der Waals surface area (Å²) in [7, 11) is -3.22. The van der Waals surface area contributed by atoms with E-state index >= 15 is 0 Å². The molecule has 2 aliphatic heterocycles. The van der Waals surface area contributed by atoms with Gasteiger partial charge in [-0.2, -0.15) is 0 Å². The maximum absolute atomic E-state index is 12.9. The Morgan fingerprint density at radius 2 is 2.13 bits per heavy atom. The van der Waals surface area contributed by atoms with Crippen molar-refractivity contribution in [2.45, 2.75) is 26.2 Å². The summed E-state index contributed by atoms with van der Waals surface area (Å²) in [5.74, 6) is -0.0872. The predicted octanol–water partition coefficient (Wildman–Crippen LogP) is 2.40. The number of halogens is 1. The van der Waals surface area contributed by atoms with E-state index in [4.69, 9.17) is 0 Å². The van der Waals surface area contributed by atoms with Crippen LogP contribution >= 0.6 is 15.9 Å². The maximum Gasteiger partial charge on any atom is 0.231 e. The molecule has 1 amide bonds. The van der Waals surface area contributed by atoms with Crippen LogP contribution in [0.1, 0.15) is 25.3 Å². The minimum atomic E-state index is -3.22. The van der Waals surface area contributed by atoms with Crippen LogP contribution in [-0.2, 0) is 21.2 Å². The summed E-state index contributed by atoms with van der Waals surface area (Å²) in [4.78, 5) is 14.7. The Bertz CT molecular complexity index is 720. The molecule has 0 aliphatic carbocycles. The highest BCUT2D eigenvalue weighted by atomic mass is 79.9. The number of carbonyl (C=O) groups is 1. The molecule has 2 heterocycles. The molecule has 0 spiro atoms. The summed E-state index contributed by atoms with van der Waals surface area (Å²) in [6, 6.07) is 5.96. The van der Waals surface area contributed by atoms with Crippen LogP contribution in [0.15, 0.2) is 22.7 Å². The number of rotatable bonds is 3. The molecule has 126 valence electrons. The average molecular weight is 401 g/mol. The fourth-order valence-electron chi connectivity index (χ4n) is 3.40. The van der Waals surface area contributed by atoms with Gasteiger partial charge in [-0.1, -0.05) is 15.9 Å². The van der Waals surface area contributed by atoms with Crippen LogP contribution in [-0.4, -0.2) is 44.0 Å². The average Bonchev–Trinajstić information content (AvgIpc) is 2.97. The van der Waals surface area contributed by atoms with Crippen LogP contribution in [0.25, 0.3) is 0 Å². The third-order valence-electron chi connectivity index (χ3n) is 4.69. The molecule has 0 N–H and O–H groups in total. The van der Waals surface area contributed by atoms with Crippen LogP contribution in [0.2, 0.25) is 0 Å². The number of benzene rings is 1. The highest BCUT2D eigenvalue weighted by molar-refractivity contribution is 9.10. The van der Waals surface area contributed by atoms with E-state index in [1.807, 2.05) is 17.0 Å². The second-order valence-electron chi connectivity index (χ2n) is 6.11. The summed E-state index contributed by atoms with van der Waals surface area (Å²) < 4.78 is 26.7. The minimum absolute atomic E-state index is 0.0575. The van der Waals surface area contributed by atoms with E-state index in [-0.39, 0.29) is 17.6 Å². The lowest BCUT2D eigenvalue weighted by Crippen LogP contribution is -2.46. The van der Waals surface area contributed by atoms with Gasteiger partial charge in [-0.3, -0.25) is 4.79 Å². The molecule has 1 aromatic carbocycles. The van der Waals surface area contributed by atoms with Crippen LogP contribution in [0, 0.1) is 5.92 Å². The van der Waals surface area contributed by atoms with E-state index < -0.39 is 10.0 Å². The number of sulfonamides is 1. The normalized spacial score (nSPS) is 22.2. The molecule has 7 heteroatoms. The van der Waals surface area contributed by atoms with Gasteiger partial charge < -0.3 is 4.90 Å². The molecule has 3 rings (SSSR count). The molecule has 1 fully saturated rings. The molecule has 0 aromatic heterocycles. The van der Waals surface area contributed by atoms with E-state index in [9.17, 15) is 13.2 Å². The lowest BCUT2D eigenvalue weighted by atomic mass is 9.98.